The Morgan fingerprint density at radius 3 is 2.79 bits per heavy atom. The van der Waals surface area contributed by atoms with Crippen LogP contribution < -0.4 is 10.4 Å². The molecule has 0 aliphatic heterocycles. The number of nitrogens with one attached hydrogen (secondary N) is 1. The molecule has 1 heterocycles. The number of amides is 1. The van der Waals surface area contributed by atoms with Gasteiger partial charge in [-0.2, -0.15) is 0 Å². The van der Waals surface area contributed by atoms with E-state index in [1.54, 1.807) is 6.92 Å². The number of hydrogen-bond acceptors (Lipinski definition) is 4. The summed E-state index contributed by atoms with van der Waals surface area (Å²) in [6.07, 6.45) is 1.21. The maximum absolute atomic E-state index is 11.3. The second-order valence-electron chi connectivity index (χ2n) is 2.77. The van der Waals surface area contributed by atoms with Crippen molar-refractivity contribution in [2.24, 2.45) is 0 Å². The molecule has 0 fully saturated rings. The molecule has 0 saturated heterocycles. The Hall–Kier alpha value is -1.78. The number of carbonyl (C=O) groups excluding carboxylic acids is 2. The van der Waals surface area contributed by atoms with E-state index in [4.69, 9.17) is 4.42 Å². The molecule has 0 aromatic carbocycles. The van der Waals surface area contributed by atoms with E-state index in [1.807, 2.05) is 0 Å². The summed E-state index contributed by atoms with van der Waals surface area (Å²) in [5.74, 6) is -1.01. The summed E-state index contributed by atoms with van der Waals surface area (Å²) in [6.45, 7) is 1.72. The number of carbonyl (C=O) groups is 2. The molecule has 0 unspecified atom stereocenters. The molecule has 0 saturated carbocycles. The fraction of sp³-hybridized carbons (Fsp3) is 0.333. The molecule has 5 heteroatoms. The third-order valence-corrected chi connectivity index (χ3v) is 1.72. The zero-order chi connectivity index (χ0) is 10.6. The molecule has 1 aromatic rings. The lowest BCUT2D eigenvalue weighted by atomic mass is 10.2. The molecule has 5 nitrogen and oxygen atoms in total. The van der Waals surface area contributed by atoms with Gasteiger partial charge in [0.05, 0.1) is 11.8 Å². The summed E-state index contributed by atoms with van der Waals surface area (Å²) in [4.78, 5) is 21.4. The zero-order valence-electron chi connectivity index (χ0n) is 7.70. The summed E-state index contributed by atoms with van der Waals surface area (Å²) in [6, 6.07) is 1.53. The number of carboxylic acid groups (broad SMARTS) is 1. The van der Waals surface area contributed by atoms with Gasteiger partial charge in [0, 0.05) is 18.9 Å². The fourth-order valence-electron chi connectivity index (χ4n) is 0.994. The van der Waals surface area contributed by atoms with Gasteiger partial charge in [-0.1, -0.05) is 0 Å². The molecule has 0 aliphatic carbocycles. The molecular formula is C9H10NO4-. The minimum atomic E-state index is -1.19. The Morgan fingerprint density at radius 2 is 2.29 bits per heavy atom. The quantitative estimate of drug-likeness (QED) is 0.700. The van der Waals surface area contributed by atoms with Crippen LogP contribution >= 0.6 is 0 Å². The van der Waals surface area contributed by atoms with Crippen molar-refractivity contribution in [2.45, 2.75) is 13.3 Å². The molecule has 0 bridgehead atoms. The SMILES string of the molecule is Cc1occc1C(=O)NCCC(=O)[O-]. The van der Waals surface area contributed by atoms with Crippen LogP contribution in [-0.2, 0) is 4.79 Å². The first-order chi connectivity index (χ1) is 6.61. The Kier molecular flexibility index (Phi) is 3.28. The van der Waals surface area contributed by atoms with Gasteiger partial charge in [0.15, 0.2) is 0 Å². The monoisotopic (exact) mass is 196 g/mol. The van der Waals surface area contributed by atoms with Crippen molar-refractivity contribution < 1.29 is 19.1 Å². The Labute approximate surface area is 80.7 Å². The predicted molar refractivity (Wildman–Crippen MR) is 45.4 cm³/mol. The molecule has 14 heavy (non-hydrogen) atoms. The van der Waals surface area contributed by atoms with Gasteiger partial charge >= 0.3 is 0 Å². The van der Waals surface area contributed by atoms with Crippen LogP contribution in [0, 0.1) is 6.92 Å². The maximum atomic E-state index is 11.3. The topological polar surface area (TPSA) is 82.4 Å². The first-order valence-corrected chi connectivity index (χ1v) is 4.13. The highest BCUT2D eigenvalue weighted by atomic mass is 16.4. The summed E-state index contributed by atoms with van der Waals surface area (Å²) in [5.41, 5.74) is 0.420. The van der Waals surface area contributed by atoms with Crippen LogP contribution in [0.1, 0.15) is 22.5 Å². The van der Waals surface area contributed by atoms with Gasteiger partial charge in [-0.3, -0.25) is 4.79 Å². The minimum absolute atomic E-state index is 0.0613. The Bertz CT molecular complexity index is 342. The van der Waals surface area contributed by atoms with Gasteiger partial charge in [0.1, 0.15) is 5.76 Å². The van der Waals surface area contributed by atoms with Crippen LogP contribution in [0.2, 0.25) is 0 Å². The average molecular weight is 196 g/mol. The average Bonchev–Trinajstić information content (AvgIpc) is 2.50. The van der Waals surface area contributed by atoms with E-state index in [2.05, 4.69) is 5.32 Å². The second kappa shape index (κ2) is 4.45. The number of hydrogen-bond donors (Lipinski definition) is 1. The third-order valence-electron chi connectivity index (χ3n) is 1.72. The van der Waals surface area contributed by atoms with Crippen LogP contribution in [0.5, 0.6) is 0 Å². The fourth-order valence-corrected chi connectivity index (χ4v) is 0.994. The van der Waals surface area contributed by atoms with Crippen LogP contribution in [0.3, 0.4) is 0 Å². The molecule has 0 atom stereocenters. The maximum Gasteiger partial charge on any atom is 0.254 e. The highest BCUT2D eigenvalue weighted by molar-refractivity contribution is 5.95. The van der Waals surface area contributed by atoms with E-state index in [9.17, 15) is 14.7 Å². The van der Waals surface area contributed by atoms with Crippen molar-refractivity contribution >= 4 is 11.9 Å². The molecular weight excluding hydrogens is 186 g/mol. The van der Waals surface area contributed by atoms with Crippen LogP contribution in [0.15, 0.2) is 16.7 Å². The molecule has 0 aliphatic rings. The number of furan rings is 1. The van der Waals surface area contributed by atoms with Crippen LogP contribution in [0.4, 0.5) is 0 Å². The lowest BCUT2D eigenvalue weighted by Crippen LogP contribution is -2.31. The smallest absolute Gasteiger partial charge is 0.254 e. The van der Waals surface area contributed by atoms with E-state index in [0.717, 1.165) is 0 Å². The third kappa shape index (κ3) is 2.62. The van der Waals surface area contributed by atoms with Gasteiger partial charge in [-0.05, 0) is 13.0 Å². The summed E-state index contributed by atoms with van der Waals surface area (Å²) in [7, 11) is 0. The van der Waals surface area contributed by atoms with Crippen LogP contribution in [-0.4, -0.2) is 18.4 Å². The van der Waals surface area contributed by atoms with Crippen molar-refractivity contribution in [2.75, 3.05) is 6.54 Å². The molecule has 1 aromatic heterocycles. The first-order valence-electron chi connectivity index (χ1n) is 4.13. The van der Waals surface area contributed by atoms with Crippen LogP contribution in [0.25, 0.3) is 0 Å². The van der Waals surface area contributed by atoms with Crippen molar-refractivity contribution in [3.63, 3.8) is 0 Å². The number of aliphatic carboxylic acids is 1. The Morgan fingerprint density at radius 1 is 1.57 bits per heavy atom. The van der Waals surface area contributed by atoms with Gasteiger partial charge in [0.25, 0.3) is 5.91 Å². The number of carboxylic acids is 1. The van der Waals surface area contributed by atoms with Gasteiger partial charge in [-0.15, -0.1) is 0 Å². The summed E-state index contributed by atoms with van der Waals surface area (Å²) >= 11 is 0. The first kappa shape index (κ1) is 10.3. The zero-order valence-corrected chi connectivity index (χ0v) is 7.70. The molecule has 76 valence electrons. The van der Waals surface area contributed by atoms with E-state index >= 15 is 0 Å². The predicted octanol–water partition coefficient (Wildman–Crippen LogP) is -0.542. The standard InChI is InChI=1S/C9H11NO4/c1-6-7(3-5-14-6)9(13)10-4-2-8(11)12/h3,5H,2,4H2,1H3,(H,10,13)(H,11,12)/p-1. The van der Waals surface area contributed by atoms with Crippen molar-refractivity contribution in [3.05, 3.63) is 23.7 Å². The van der Waals surface area contributed by atoms with Crippen molar-refractivity contribution in [1.82, 2.24) is 5.32 Å². The van der Waals surface area contributed by atoms with Crippen molar-refractivity contribution in [1.29, 1.82) is 0 Å². The number of aryl methyl sites for hydroxylation is 1. The lowest BCUT2D eigenvalue weighted by molar-refractivity contribution is -0.305. The van der Waals surface area contributed by atoms with Gasteiger partial charge in [0.2, 0.25) is 0 Å². The molecule has 0 spiro atoms. The molecule has 1 amide bonds. The summed E-state index contributed by atoms with van der Waals surface area (Å²) in [5, 5.41) is 12.5. The highest BCUT2D eigenvalue weighted by Crippen LogP contribution is 2.07. The molecule has 1 rings (SSSR count). The van der Waals surface area contributed by atoms with E-state index < -0.39 is 5.97 Å². The van der Waals surface area contributed by atoms with Crippen molar-refractivity contribution in [3.8, 4) is 0 Å². The normalized spacial score (nSPS) is 9.79. The summed E-state index contributed by atoms with van der Waals surface area (Å²) < 4.78 is 4.92. The van der Waals surface area contributed by atoms with E-state index in [0.29, 0.717) is 11.3 Å². The van der Waals surface area contributed by atoms with Gasteiger partial charge < -0.3 is 19.6 Å². The minimum Gasteiger partial charge on any atom is -0.550 e. The molecule has 0 radical (unpaired) electrons. The lowest BCUT2D eigenvalue weighted by Gasteiger charge is -2.04. The second-order valence-corrected chi connectivity index (χ2v) is 2.77. The van der Waals surface area contributed by atoms with Gasteiger partial charge in [-0.25, -0.2) is 0 Å². The van der Waals surface area contributed by atoms with E-state index in [-0.39, 0.29) is 18.9 Å². The number of rotatable bonds is 4. The van der Waals surface area contributed by atoms with E-state index in [1.165, 1.54) is 12.3 Å². The molecule has 1 N–H and O–H groups in total. The largest absolute Gasteiger partial charge is 0.550 e. The highest BCUT2D eigenvalue weighted by Gasteiger charge is 2.09. The Balaban J connectivity index is 2.44.